The smallest absolute Gasteiger partial charge is 0.481 e. The van der Waals surface area contributed by atoms with Crippen LogP contribution in [-0.4, -0.2) is 17.9 Å². The fourth-order valence-electron chi connectivity index (χ4n) is 2.21. The highest BCUT2D eigenvalue weighted by Gasteiger charge is 2.47. The number of benzene rings is 1. The lowest BCUT2D eigenvalue weighted by Crippen LogP contribution is -2.41. The Balaban J connectivity index is 2.34. The van der Waals surface area contributed by atoms with Crippen LogP contribution in [0.15, 0.2) is 41.0 Å². The van der Waals surface area contributed by atoms with Crippen molar-refractivity contribution >= 4 is 16.8 Å². The first-order valence-electron chi connectivity index (χ1n) is 6.59. The summed E-state index contributed by atoms with van der Waals surface area (Å²) >= 11 is 0. The second-order valence-corrected chi connectivity index (χ2v) is 4.76. The third-order valence-corrected chi connectivity index (χ3v) is 3.29. The summed E-state index contributed by atoms with van der Waals surface area (Å²) in [6.45, 7) is 0. The maximum absolute atomic E-state index is 13.3. The standard InChI is InChI=1S/C15H9F3N2O4/c1-23-8-4-5-10-9(7-8)19-12(13(21)11-3-2-6-24-11)14(20(10)22)15(16,17)18/h2-7H,1H3. The molecule has 0 aliphatic carbocycles. The fourth-order valence-corrected chi connectivity index (χ4v) is 2.21. The molecule has 0 aliphatic rings. The van der Waals surface area contributed by atoms with Crippen LogP contribution in [0.1, 0.15) is 21.9 Å². The number of fused-ring (bicyclic) bond motifs is 1. The number of furan rings is 1. The third-order valence-electron chi connectivity index (χ3n) is 3.29. The molecule has 3 aromatic rings. The molecule has 3 rings (SSSR count). The quantitative estimate of drug-likeness (QED) is 0.417. The second kappa shape index (κ2) is 5.52. The zero-order valence-corrected chi connectivity index (χ0v) is 12.1. The van der Waals surface area contributed by atoms with Gasteiger partial charge >= 0.3 is 11.9 Å². The van der Waals surface area contributed by atoms with E-state index < -0.39 is 23.3 Å². The predicted octanol–water partition coefficient (Wildman–Crippen LogP) is 2.72. The minimum Gasteiger partial charge on any atom is -0.618 e. The first-order valence-corrected chi connectivity index (χ1v) is 6.59. The van der Waals surface area contributed by atoms with E-state index >= 15 is 0 Å². The fraction of sp³-hybridized carbons (Fsp3) is 0.133. The van der Waals surface area contributed by atoms with Gasteiger partial charge in [0.15, 0.2) is 11.5 Å². The van der Waals surface area contributed by atoms with Gasteiger partial charge in [-0.15, -0.1) is 0 Å². The van der Waals surface area contributed by atoms with Gasteiger partial charge in [0.05, 0.1) is 13.4 Å². The Morgan fingerprint density at radius 1 is 1.33 bits per heavy atom. The normalized spacial score (nSPS) is 11.7. The van der Waals surface area contributed by atoms with Gasteiger partial charge in [-0.1, -0.05) is 0 Å². The zero-order valence-electron chi connectivity index (χ0n) is 12.1. The maximum atomic E-state index is 13.3. The molecule has 0 saturated heterocycles. The molecule has 0 fully saturated rings. The van der Waals surface area contributed by atoms with Crippen LogP contribution in [0, 0.1) is 5.21 Å². The number of nitrogens with zero attached hydrogens (tertiary/aromatic N) is 2. The average molecular weight is 338 g/mol. The van der Waals surface area contributed by atoms with Crippen molar-refractivity contribution in [2.45, 2.75) is 6.18 Å². The van der Waals surface area contributed by atoms with E-state index in [0.717, 1.165) is 12.3 Å². The summed E-state index contributed by atoms with van der Waals surface area (Å²) in [5, 5.41) is 12.2. The first-order chi connectivity index (χ1) is 11.3. The van der Waals surface area contributed by atoms with Crippen LogP contribution in [0.5, 0.6) is 5.75 Å². The number of rotatable bonds is 3. The van der Waals surface area contributed by atoms with Crippen molar-refractivity contribution < 1.29 is 31.9 Å². The lowest BCUT2D eigenvalue weighted by atomic mass is 10.1. The van der Waals surface area contributed by atoms with E-state index in [0.29, 0.717) is 0 Å². The summed E-state index contributed by atoms with van der Waals surface area (Å²) in [7, 11) is 1.35. The summed E-state index contributed by atoms with van der Waals surface area (Å²) in [5.74, 6) is -1.21. The number of aromatic nitrogens is 2. The molecule has 124 valence electrons. The molecule has 2 heterocycles. The first kappa shape index (κ1) is 15.8. The Hall–Kier alpha value is -3.10. The van der Waals surface area contributed by atoms with E-state index in [1.54, 1.807) is 0 Å². The van der Waals surface area contributed by atoms with Gasteiger partial charge < -0.3 is 14.4 Å². The minimum atomic E-state index is -5.07. The molecular weight excluding hydrogens is 329 g/mol. The van der Waals surface area contributed by atoms with Crippen LogP contribution < -0.4 is 9.47 Å². The molecule has 0 spiro atoms. The van der Waals surface area contributed by atoms with Crippen molar-refractivity contribution in [3.63, 3.8) is 0 Å². The van der Waals surface area contributed by atoms with Gasteiger partial charge in [0.2, 0.25) is 5.52 Å². The van der Waals surface area contributed by atoms with Gasteiger partial charge in [-0.25, -0.2) is 4.98 Å². The van der Waals surface area contributed by atoms with Gasteiger partial charge in [0.1, 0.15) is 11.3 Å². The molecule has 0 radical (unpaired) electrons. The number of hydrogen-bond acceptors (Lipinski definition) is 5. The molecular formula is C15H9F3N2O4. The van der Waals surface area contributed by atoms with E-state index in [1.807, 2.05) is 0 Å². The zero-order chi connectivity index (χ0) is 17.5. The Kier molecular flexibility index (Phi) is 3.63. The largest absolute Gasteiger partial charge is 0.618 e. The van der Waals surface area contributed by atoms with Crippen LogP contribution in [0.25, 0.3) is 11.0 Å². The van der Waals surface area contributed by atoms with Crippen molar-refractivity contribution in [3.05, 3.63) is 59.0 Å². The van der Waals surface area contributed by atoms with E-state index in [4.69, 9.17) is 9.15 Å². The Morgan fingerprint density at radius 2 is 2.08 bits per heavy atom. The highest BCUT2D eigenvalue weighted by molar-refractivity contribution is 6.07. The Bertz CT molecular complexity index is 921. The van der Waals surface area contributed by atoms with Crippen LogP contribution in [0.3, 0.4) is 0 Å². The summed E-state index contributed by atoms with van der Waals surface area (Å²) in [4.78, 5) is 16.0. The monoisotopic (exact) mass is 338 g/mol. The van der Waals surface area contributed by atoms with Crippen LogP contribution in [0.4, 0.5) is 13.2 Å². The SMILES string of the molecule is COc1ccc2c(c1)nc(C(=O)c1ccco1)c(C(F)(F)F)[n+]2[O-]. The molecule has 0 amide bonds. The van der Waals surface area contributed by atoms with E-state index in [1.165, 1.54) is 31.4 Å². The number of ether oxygens (including phenoxy) is 1. The van der Waals surface area contributed by atoms with Crippen molar-refractivity contribution in [2.24, 2.45) is 0 Å². The van der Waals surface area contributed by atoms with Gasteiger partial charge in [0, 0.05) is 12.1 Å². The lowest BCUT2D eigenvalue weighted by molar-refractivity contribution is -0.603. The highest BCUT2D eigenvalue weighted by Crippen LogP contribution is 2.31. The topological polar surface area (TPSA) is 79.3 Å². The third kappa shape index (κ3) is 2.53. The molecule has 2 aromatic heterocycles. The molecule has 0 unspecified atom stereocenters. The summed E-state index contributed by atoms with van der Waals surface area (Å²) in [5.41, 5.74) is -3.17. The van der Waals surface area contributed by atoms with Crippen molar-refractivity contribution in [1.82, 2.24) is 4.98 Å². The number of ketones is 1. The Morgan fingerprint density at radius 3 is 2.67 bits per heavy atom. The number of halogens is 3. The van der Waals surface area contributed by atoms with Crippen LogP contribution >= 0.6 is 0 Å². The van der Waals surface area contributed by atoms with Gasteiger partial charge in [-0.3, -0.25) is 4.79 Å². The van der Waals surface area contributed by atoms with Crippen molar-refractivity contribution in [3.8, 4) is 5.75 Å². The lowest BCUT2D eigenvalue weighted by Gasteiger charge is -2.13. The summed E-state index contributed by atoms with van der Waals surface area (Å²) < 4.78 is 49.4. The van der Waals surface area contributed by atoms with Crippen molar-refractivity contribution in [1.29, 1.82) is 0 Å². The Labute approximate surface area is 132 Å². The number of alkyl halides is 3. The van der Waals surface area contributed by atoms with E-state index in [-0.39, 0.29) is 27.3 Å². The molecule has 24 heavy (non-hydrogen) atoms. The maximum Gasteiger partial charge on any atom is 0.481 e. The van der Waals surface area contributed by atoms with Crippen LogP contribution in [-0.2, 0) is 6.18 Å². The second-order valence-electron chi connectivity index (χ2n) is 4.76. The average Bonchev–Trinajstić information content (AvgIpc) is 3.06. The van der Waals surface area contributed by atoms with Gasteiger partial charge in [0.25, 0.3) is 5.78 Å². The molecule has 1 aromatic carbocycles. The van der Waals surface area contributed by atoms with E-state index in [9.17, 15) is 23.2 Å². The molecule has 0 atom stereocenters. The van der Waals surface area contributed by atoms with Crippen molar-refractivity contribution in [2.75, 3.05) is 7.11 Å². The molecule has 9 heteroatoms. The predicted molar refractivity (Wildman–Crippen MR) is 74.4 cm³/mol. The van der Waals surface area contributed by atoms with Gasteiger partial charge in [-0.2, -0.15) is 17.9 Å². The summed E-state index contributed by atoms with van der Waals surface area (Å²) in [6, 6.07) is 6.27. The minimum absolute atomic E-state index is 0.104. The van der Waals surface area contributed by atoms with E-state index in [2.05, 4.69) is 4.98 Å². The molecule has 0 N–H and O–H groups in total. The summed E-state index contributed by atoms with van der Waals surface area (Å²) in [6.07, 6.45) is -3.93. The number of carbonyl (C=O) groups excluding carboxylic acids is 1. The molecule has 0 saturated carbocycles. The number of carbonyl (C=O) groups is 1. The number of methoxy groups -OCH3 is 1. The molecule has 0 bridgehead atoms. The highest BCUT2D eigenvalue weighted by atomic mass is 19.4. The number of hydrogen-bond donors (Lipinski definition) is 0. The molecule has 0 aliphatic heterocycles. The van der Waals surface area contributed by atoms with Crippen LogP contribution in [0.2, 0.25) is 0 Å². The molecule has 6 nitrogen and oxygen atoms in total. The van der Waals surface area contributed by atoms with Gasteiger partial charge in [-0.05, 0) is 18.2 Å².